The van der Waals surface area contributed by atoms with Crippen LogP contribution in [0.15, 0.2) is 47.1 Å². The zero-order valence-corrected chi connectivity index (χ0v) is 15.6. The number of hydrogen-bond acceptors (Lipinski definition) is 5. The number of hydrogen-bond donors (Lipinski definition) is 2. The normalized spacial score (nSPS) is 16.2. The van der Waals surface area contributed by atoms with Crippen molar-refractivity contribution in [2.45, 2.75) is 25.3 Å². The molecule has 8 nitrogen and oxygen atoms in total. The summed E-state index contributed by atoms with van der Waals surface area (Å²) in [5, 5.41) is 5.32. The third-order valence-corrected chi connectivity index (χ3v) is 4.55. The van der Waals surface area contributed by atoms with E-state index in [0.717, 1.165) is 22.0 Å². The van der Waals surface area contributed by atoms with Crippen molar-refractivity contribution in [1.29, 1.82) is 0 Å². The highest BCUT2D eigenvalue weighted by molar-refractivity contribution is 6.05. The molecule has 1 aliphatic rings. The second kappa shape index (κ2) is 9.07. The number of ether oxygens (including phenoxy) is 1. The van der Waals surface area contributed by atoms with Gasteiger partial charge in [-0.15, -0.1) is 0 Å². The minimum atomic E-state index is -0.827. The monoisotopic (exact) mass is 385 g/mol. The van der Waals surface area contributed by atoms with E-state index < -0.39 is 12.1 Å². The van der Waals surface area contributed by atoms with Crippen LogP contribution in [0.5, 0.6) is 5.75 Å². The molecule has 2 N–H and O–H groups in total. The maximum Gasteiger partial charge on any atom is 0.324 e. The molecular weight excluding hydrogens is 362 g/mol. The van der Waals surface area contributed by atoms with Gasteiger partial charge in [0, 0.05) is 19.5 Å². The van der Waals surface area contributed by atoms with E-state index in [-0.39, 0.29) is 24.8 Å². The lowest BCUT2D eigenvalue weighted by Crippen LogP contribution is -2.37. The Morgan fingerprint density at radius 3 is 2.68 bits per heavy atom. The molecule has 0 radical (unpaired) electrons. The summed E-state index contributed by atoms with van der Waals surface area (Å²) in [5.74, 6) is 0.856. The minimum absolute atomic E-state index is 0.0816. The van der Waals surface area contributed by atoms with Crippen LogP contribution >= 0.6 is 0 Å². The van der Waals surface area contributed by atoms with Crippen molar-refractivity contribution in [1.82, 2.24) is 15.5 Å². The molecule has 0 spiro atoms. The van der Waals surface area contributed by atoms with Crippen LogP contribution < -0.4 is 15.4 Å². The van der Waals surface area contributed by atoms with Gasteiger partial charge in [0.2, 0.25) is 5.91 Å². The molecule has 8 heteroatoms. The zero-order valence-electron chi connectivity index (χ0n) is 15.6. The summed E-state index contributed by atoms with van der Waals surface area (Å²) < 4.78 is 10.3. The van der Waals surface area contributed by atoms with Crippen molar-refractivity contribution < 1.29 is 23.5 Å². The fourth-order valence-corrected chi connectivity index (χ4v) is 3.00. The molecule has 1 saturated heterocycles. The molecule has 4 amide bonds. The quantitative estimate of drug-likeness (QED) is 0.637. The molecule has 1 aromatic heterocycles. The first-order chi connectivity index (χ1) is 13.6. The molecule has 28 heavy (non-hydrogen) atoms. The Bertz CT molecular complexity index is 817. The Kier molecular flexibility index (Phi) is 6.31. The second-order valence-corrected chi connectivity index (χ2v) is 6.47. The SMILES string of the molecule is COc1ccc(CCN2C(=O)N[C@H](CC(=O)NCCc3ccco3)C2=O)cc1. The third kappa shape index (κ3) is 4.91. The van der Waals surface area contributed by atoms with Crippen molar-refractivity contribution in [2.24, 2.45) is 0 Å². The van der Waals surface area contributed by atoms with Crippen molar-refractivity contribution >= 4 is 17.8 Å². The van der Waals surface area contributed by atoms with Crippen LogP contribution in [0.2, 0.25) is 0 Å². The highest BCUT2D eigenvalue weighted by Crippen LogP contribution is 2.14. The van der Waals surface area contributed by atoms with Crippen molar-refractivity contribution in [3.05, 3.63) is 54.0 Å². The number of imide groups is 1. The summed E-state index contributed by atoms with van der Waals surface area (Å²) >= 11 is 0. The highest BCUT2D eigenvalue weighted by atomic mass is 16.5. The smallest absolute Gasteiger partial charge is 0.324 e. The van der Waals surface area contributed by atoms with Crippen LogP contribution in [0.1, 0.15) is 17.7 Å². The Morgan fingerprint density at radius 2 is 2.00 bits per heavy atom. The summed E-state index contributed by atoms with van der Waals surface area (Å²) in [4.78, 5) is 37.8. The number of rotatable bonds is 9. The molecule has 1 atom stereocenters. The van der Waals surface area contributed by atoms with Gasteiger partial charge in [-0.3, -0.25) is 14.5 Å². The van der Waals surface area contributed by atoms with Gasteiger partial charge in [0.25, 0.3) is 5.91 Å². The topological polar surface area (TPSA) is 101 Å². The van der Waals surface area contributed by atoms with Gasteiger partial charge in [-0.2, -0.15) is 0 Å². The van der Waals surface area contributed by atoms with Crippen LogP contribution in [-0.4, -0.2) is 49.0 Å². The van der Waals surface area contributed by atoms with Crippen LogP contribution in [0.3, 0.4) is 0 Å². The second-order valence-electron chi connectivity index (χ2n) is 6.47. The van der Waals surface area contributed by atoms with E-state index in [1.54, 1.807) is 19.4 Å². The van der Waals surface area contributed by atoms with Crippen molar-refractivity contribution in [3.8, 4) is 5.75 Å². The predicted molar refractivity (Wildman–Crippen MR) is 101 cm³/mol. The Hall–Kier alpha value is -3.29. The molecule has 1 aliphatic heterocycles. The van der Waals surface area contributed by atoms with Gasteiger partial charge in [-0.25, -0.2) is 4.79 Å². The number of furan rings is 1. The zero-order chi connectivity index (χ0) is 19.9. The summed E-state index contributed by atoms with van der Waals surface area (Å²) in [7, 11) is 1.59. The first-order valence-corrected chi connectivity index (χ1v) is 9.10. The van der Waals surface area contributed by atoms with E-state index in [1.807, 2.05) is 30.3 Å². The van der Waals surface area contributed by atoms with Crippen LogP contribution in [0, 0.1) is 0 Å². The Balaban J connectivity index is 1.44. The lowest BCUT2D eigenvalue weighted by molar-refractivity contribution is -0.130. The van der Waals surface area contributed by atoms with Gasteiger partial charge >= 0.3 is 6.03 Å². The molecule has 2 heterocycles. The average Bonchev–Trinajstić information content (AvgIpc) is 3.29. The molecule has 3 rings (SSSR count). The van der Waals surface area contributed by atoms with Gasteiger partial charge in [-0.1, -0.05) is 12.1 Å². The summed E-state index contributed by atoms with van der Waals surface area (Å²) in [6.45, 7) is 0.663. The average molecular weight is 385 g/mol. The summed E-state index contributed by atoms with van der Waals surface area (Å²) in [5.41, 5.74) is 0.987. The number of carbonyl (C=O) groups excluding carboxylic acids is 3. The van der Waals surface area contributed by atoms with Crippen LogP contribution in [-0.2, 0) is 22.4 Å². The number of amides is 4. The fourth-order valence-electron chi connectivity index (χ4n) is 3.00. The molecule has 2 aromatic rings. The standard InChI is InChI=1S/C20H23N3O5/c1-27-15-6-4-14(5-7-15)9-11-23-19(25)17(22-20(23)26)13-18(24)21-10-8-16-3-2-12-28-16/h2-7,12,17H,8-11,13H2,1H3,(H,21,24)(H,22,26)/t17-/m1/s1. The fraction of sp³-hybridized carbons (Fsp3) is 0.350. The summed E-state index contributed by atoms with van der Waals surface area (Å²) in [6.07, 6.45) is 2.59. The highest BCUT2D eigenvalue weighted by Gasteiger charge is 2.38. The lowest BCUT2D eigenvalue weighted by Gasteiger charge is -2.13. The first kappa shape index (κ1) is 19.5. The molecule has 148 valence electrons. The Labute approximate surface area is 162 Å². The van der Waals surface area contributed by atoms with E-state index in [2.05, 4.69) is 10.6 Å². The van der Waals surface area contributed by atoms with E-state index in [9.17, 15) is 14.4 Å². The molecule has 0 aliphatic carbocycles. The molecule has 0 bridgehead atoms. The number of nitrogens with one attached hydrogen (secondary N) is 2. The maximum absolute atomic E-state index is 12.5. The van der Waals surface area contributed by atoms with Gasteiger partial charge in [0.05, 0.1) is 19.8 Å². The number of benzene rings is 1. The van der Waals surface area contributed by atoms with Gasteiger partial charge in [0.15, 0.2) is 0 Å². The number of methoxy groups -OCH3 is 1. The lowest BCUT2D eigenvalue weighted by atomic mass is 10.1. The van der Waals surface area contributed by atoms with Crippen molar-refractivity contribution in [2.75, 3.05) is 20.2 Å². The van der Waals surface area contributed by atoms with E-state index in [1.165, 1.54) is 0 Å². The molecule has 1 fully saturated rings. The number of nitrogens with zero attached hydrogens (tertiary/aromatic N) is 1. The van der Waals surface area contributed by atoms with Gasteiger partial charge in [0.1, 0.15) is 17.6 Å². The van der Waals surface area contributed by atoms with Gasteiger partial charge in [-0.05, 0) is 36.2 Å². The van der Waals surface area contributed by atoms with Crippen molar-refractivity contribution in [3.63, 3.8) is 0 Å². The number of urea groups is 1. The summed E-state index contributed by atoms with van der Waals surface area (Å²) in [6, 6.07) is 9.76. The maximum atomic E-state index is 12.5. The van der Waals surface area contributed by atoms with Crippen LogP contribution in [0.4, 0.5) is 4.79 Å². The molecular formula is C20H23N3O5. The molecule has 0 unspecified atom stereocenters. The molecule has 1 aromatic carbocycles. The van der Waals surface area contributed by atoms with Gasteiger partial charge < -0.3 is 19.8 Å². The minimum Gasteiger partial charge on any atom is -0.497 e. The Morgan fingerprint density at radius 1 is 1.21 bits per heavy atom. The number of carbonyl (C=O) groups is 3. The van der Waals surface area contributed by atoms with E-state index >= 15 is 0 Å². The van der Waals surface area contributed by atoms with Crippen LogP contribution in [0.25, 0.3) is 0 Å². The molecule has 0 saturated carbocycles. The predicted octanol–water partition coefficient (Wildman–Crippen LogP) is 1.50. The van der Waals surface area contributed by atoms with E-state index in [4.69, 9.17) is 9.15 Å². The largest absolute Gasteiger partial charge is 0.497 e. The first-order valence-electron chi connectivity index (χ1n) is 9.10. The van der Waals surface area contributed by atoms with E-state index in [0.29, 0.717) is 19.4 Å². The third-order valence-electron chi connectivity index (χ3n) is 4.55.